The third-order valence-electron chi connectivity index (χ3n) is 3.41. The van der Waals surface area contributed by atoms with Gasteiger partial charge in [0.1, 0.15) is 5.60 Å². The maximum Gasteiger partial charge on any atom is 0.410 e. The van der Waals surface area contributed by atoms with Crippen LogP contribution in [0.1, 0.15) is 54.4 Å². The van der Waals surface area contributed by atoms with Crippen molar-refractivity contribution in [2.45, 2.75) is 72.1 Å². The van der Waals surface area contributed by atoms with E-state index in [4.69, 9.17) is 4.74 Å². The van der Waals surface area contributed by atoms with Crippen molar-refractivity contribution in [1.82, 2.24) is 10.2 Å². The quantitative estimate of drug-likeness (QED) is 0.857. The smallest absolute Gasteiger partial charge is 0.410 e. The number of carbonyl (C=O) groups is 1. The van der Waals surface area contributed by atoms with Crippen LogP contribution in [0.4, 0.5) is 4.79 Å². The Morgan fingerprint density at radius 3 is 2.47 bits per heavy atom. The predicted molar refractivity (Wildman–Crippen MR) is 78.3 cm³/mol. The summed E-state index contributed by atoms with van der Waals surface area (Å²) in [5.41, 5.74) is -0.411. The van der Waals surface area contributed by atoms with Crippen LogP contribution in [-0.2, 0) is 4.74 Å². The van der Waals surface area contributed by atoms with Crippen LogP contribution in [0.15, 0.2) is 0 Å². The molecule has 0 saturated carbocycles. The number of likely N-dealkylation sites (tertiary alicyclic amines) is 1. The van der Waals surface area contributed by atoms with Gasteiger partial charge in [-0.3, -0.25) is 0 Å². The number of piperidine rings is 1. The molecule has 0 aromatic carbocycles. The summed E-state index contributed by atoms with van der Waals surface area (Å²) >= 11 is 0. The van der Waals surface area contributed by atoms with E-state index in [1.54, 1.807) is 0 Å². The number of rotatable bonds is 3. The standard InChI is InChI=1S/C15H30N2O2/c1-11(2)16-12(3)13-8-7-9-17(10-13)14(18)19-15(4,5)6/h11-13,16H,7-10H2,1-6H3/t12-,13-/m0/s1. The van der Waals surface area contributed by atoms with Gasteiger partial charge in [0, 0.05) is 25.2 Å². The third-order valence-corrected chi connectivity index (χ3v) is 3.41. The SMILES string of the molecule is CC(C)N[C@@H](C)[C@H]1CCCN(C(=O)OC(C)(C)C)C1. The van der Waals surface area contributed by atoms with Crippen molar-refractivity contribution in [3.05, 3.63) is 0 Å². The molecule has 19 heavy (non-hydrogen) atoms. The molecular formula is C15H30N2O2. The molecule has 112 valence electrons. The molecule has 1 aliphatic rings. The molecule has 1 saturated heterocycles. The summed E-state index contributed by atoms with van der Waals surface area (Å²) in [7, 11) is 0. The van der Waals surface area contributed by atoms with Gasteiger partial charge < -0.3 is 15.0 Å². The van der Waals surface area contributed by atoms with E-state index < -0.39 is 5.60 Å². The molecule has 1 N–H and O–H groups in total. The Morgan fingerprint density at radius 1 is 1.32 bits per heavy atom. The number of carbonyl (C=O) groups excluding carboxylic acids is 1. The zero-order valence-corrected chi connectivity index (χ0v) is 13.3. The van der Waals surface area contributed by atoms with Gasteiger partial charge in [0.15, 0.2) is 0 Å². The number of ether oxygens (including phenoxy) is 1. The van der Waals surface area contributed by atoms with Crippen LogP contribution in [0.3, 0.4) is 0 Å². The molecule has 1 amide bonds. The number of nitrogens with zero attached hydrogens (tertiary/aromatic N) is 1. The van der Waals surface area contributed by atoms with Gasteiger partial charge in [-0.2, -0.15) is 0 Å². The molecule has 0 aromatic rings. The van der Waals surface area contributed by atoms with Gasteiger partial charge in [-0.25, -0.2) is 4.79 Å². The first-order chi connectivity index (χ1) is 8.69. The Kier molecular flexibility index (Phi) is 5.65. The van der Waals surface area contributed by atoms with Crippen molar-refractivity contribution in [3.63, 3.8) is 0 Å². The topological polar surface area (TPSA) is 41.6 Å². The van der Waals surface area contributed by atoms with Crippen LogP contribution in [-0.4, -0.2) is 41.8 Å². The summed E-state index contributed by atoms with van der Waals surface area (Å²) in [6.07, 6.45) is 2.07. The Hall–Kier alpha value is -0.770. The molecule has 4 heteroatoms. The van der Waals surface area contributed by atoms with Gasteiger partial charge in [-0.05, 0) is 46.5 Å². The van der Waals surface area contributed by atoms with Crippen molar-refractivity contribution >= 4 is 6.09 Å². The minimum atomic E-state index is -0.411. The highest BCUT2D eigenvalue weighted by molar-refractivity contribution is 5.68. The summed E-state index contributed by atoms with van der Waals surface area (Å²) < 4.78 is 5.45. The first-order valence-corrected chi connectivity index (χ1v) is 7.43. The molecule has 1 aliphatic heterocycles. The molecule has 0 spiro atoms. The fourth-order valence-corrected chi connectivity index (χ4v) is 2.57. The number of hydrogen-bond donors (Lipinski definition) is 1. The Labute approximate surface area is 117 Å². The second-order valence-electron chi connectivity index (χ2n) is 6.94. The lowest BCUT2D eigenvalue weighted by atomic mass is 9.91. The molecule has 1 rings (SSSR count). The Bertz CT molecular complexity index is 297. The fourth-order valence-electron chi connectivity index (χ4n) is 2.57. The van der Waals surface area contributed by atoms with Crippen LogP contribution >= 0.6 is 0 Å². The van der Waals surface area contributed by atoms with Crippen molar-refractivity contribution in [3.8, 4) is 0 Å². The molecule has 0 aromatic heterocycles. The van der Waals surface area contributed by atoms with Crippen LogP contribution < -0.4 is 5.32 Å². The van der Waals surface area contributed by atoms with E-state index in [0.29, 0.717) is 18.0 Å². The molecular weight excluding hydrogens is 240 g/mol. The van der Waals surface area contributed by atoms with Gasteiger partial charge in [0.2, 0.25) is 0 Å². The normalized spacial score (nSPS) is 22.5. The Balaban J connectivity index is 2.52. The van der Waals surface area contributed by atoms with Gasteiger partial charge in [0.25, 0.3) is 0 Å². The van der Waals surface area contributed by atoms with Gasteiger partial charge in [0.05, 0.1) is 0 Å². The number of hydrogen-bond acceptors (Lipinski definition) is 3. The lowest BCUT2D eigenvalue weighted by molar-refractivity contribution is 0.0147. The van der Waals surface area contributed by atoms with Crippen LogP contribution in [0, 0.1) is 5.92 Å². The predicted octanol–water partition coefficient (Wildman–Crippen LogP) is 3.02. The highest BCUT2D eigenvalue weighted by Gasteiger charge is 2.30. The molecule has 1 heterocycles. The average Bonchev–Trinajstić information content (AvgIpc) is 2.26. The first kappa shape index (κ1) is 16.3. The van der Waals surface area contributed by atoms with E-state index in [9.17, 15) is 4.79 Å². The zero-order chi connectivity index (χ0) is 14.6. The Morgan fingerprint density at radius 2 is 1.95 bits per heavy atom. The van der Waals surface area contributed by atoms with Crippen molar-refractivity contribution in [1.29, 1.82) is 0 Å². The van der Waals surface area contributed by atoms with E-state index in [0.717, 1.165) is 19.5 Å². The molecule has 1 fully saturated rings. The van der Waals surface area contributed by atoms with Crippen LogP contribution in [0.2, 0.25) is 0 Å². The fraction of sp³-hybridized carbons (Fsp3) is 0.933. The van der Waals surface area contributed by atoms with E-state index in [-0.39, 0.29) is 6.09 Å². The number of amides is 1. The van der Waals surface area contributed by atoms with Gasteiger partial charge >= 0.3 is 6.09 Å². The minimum absolute atomic E-state index is 0.172. The van der Waals surface area contributed by atoms with Crippen molar-refractivity contribution in [2.24, 2.45) is 5.92 Å². The molecule has 0 radical (unpaired) electrons. The summed E-state index contributed by atoms with van der Waals surface area (Å²) in [4.78, 5) is 13.9. The second kappa shape index (κ2) is 6.60. The summed E-state index contributed by atoms with van der Waals surface area (Å²) in [6.45, 7) is 13.9. The van der Waals surface area contributed by atoms with Crippen LogP contribution in [0.25, 0.3) is 0 Å². The minimum Gasteiger partial charge on any atom is -0.444 e. The number of nitrogens with one attached hydrogen (secondary N) is 1. The van der Waals surface area contributed by atoms with Gasteiger partial charge in [-0.1, -0.05) is 13.8 Å². The van der Waals surface area contributed by atoms with Gasteiger partial charge in [-0.15, -0.1) is 0 Å². The lowest BCUT2D eigenvalue weighted by Crippen LogP contribution is -2.49. The van der Waals surface area contributed by atoms with E-state index in [1.165, 1.54) is 6.42 Å². The molecule has 4 nitrogen and oxygen atoms in total. The maximum atomic E-state index is 12.1. The highest BCUT2D eigenvalue weighted by Crippen LogP contribution is 2.22. The summed E-state index contributed by atoms with van der Waals surface area (Å²) in [6, 6.07) is 0.914. The molecule has 2 atom stereocenters. The lowest BCUT2D eigenvalue weighted by Gasteiger charge is -2.37. The van der Waals surface area contributed by atoms with E-state index in [1.807, 2.05) is 25.7 Å². The van der Waals surface area contributed by atoms with E-state index >= 15 is 0 Å². The second-order valence-corrected chi connectivity index (χ2v) is 6.94. The molecule has 0 aliphatic carbocycles. The average molecular weight is 270 g/mol. The van der Waals surface area contributed by atoms with E-state index in [2.05, 4.69) is 26.1 Å². The summed E-state index contributed by atoms with van der Waals surface area (Å²) in [5, 5.41) is 3.54. The first-order valence-electron chi connectivity index (χ1n) is 7.43. The van der Waals surface area contributed by atoms with Crippen LogP contribution in [0.5, 0.6) is 0 Å². The third kappa shape index (κ3) is 5.81. The summed E-state index contributed by atoms with van der Waals surface area (Å²) in [5.74, 6) is 0.517. The van der Waals surface area contributed by atoms with Crippen molar-refractivity contribution < 1.29 is 9.53 Å². The monoisotopic (exact) mass is 270 g/mol. The maximum absolute atomic E-state index is 12.1. The molecule has 0 bridgehead atoms. The zero-order valence-electron chi connectivity index (χ0n) is 13.3. The molecule has 0 unspecified atom stereocenters. The van der Waals surface area contributed by atoms with Crippen molar-refractivity contribution in [2.75, 3.05) is 13.1 Å². The largest absolute Gasteiger partial charge is 0.444 e. The highest BCUT2D eigenvalue weighted by atomic mass is 16.6.